The zero-order valence-corrected chi connectivity index (χ0v) is 6.75. The number of unbranched alkanes of at least 4 members (excludes halogenated alkanes) is 1. The lowest BCUT2D eigenvalue weighted by atomic mass is 10.3. The molecule has 0 unspecified atom stereocenters. The van der Waals surface area contributed by atoms with E-state index in [1.165, 1.54) is 12.8 Å². The molecule has 1 heterocycles. The molecule has 0 amide bonds. The predicted octanol–water partition coefficient (Wildman–Crippen LogP) is 1.23. The summed E-state index contributed by atoms with van der Waals surface area (Å²) >= 11 is 0. The van der Waals surface area contributed by atoms with Crippen LogP contribution < -0.4 is 4.57 Å². The molecule has 0 spiro atoms. The smallest absolute Gasteiger partial charge is 0.240 e. The predicted molar refractivity (Wildman–Crippen MR) is 41.6 cm³/mol. The van der Waals surface area contributed by atoms with Gasteiger partial charge in [-0.25, -0.2) is 9.13 Å². The molecule has 0 radical (unpaired) electrons. The maximum absolute atomic E-state index is 2.21. The largest absolute Gasteiger partial charge is 1.00 e. The van der Waals surface area contributed by atoms with Crippen molar-refractivity contribution in [3.05, 3.63) is 18.7 Å². The van der Waals surface area contributed by atoms with Gasteiger partial charge in [-0.15, -0.1) is 0 Å². The Kier molecular flexibility index (Phi) is 2.49. The Balaban J connectivity index is 0.000001000. The minimum Gasteiger partial charge on any atom is -0.240 e. The molecule has 0 aliphatic carbocycles. The molecule has 0 atom stereocenters. The molecular formula is C8H16N2+2. The Hall–Kier alpha value is -0.790. The average molecular weight is 140 g/mol. The Morgan fingerprint density at radius 1 is 1.60 bits per heavy atom. The van der Waals surface area contributed by atoms with E-state index in [1.807, 2.05) is 7.05 Å². The van der Waals surface area contributed by atoms with E-state index in [2.05, 4.69) is 34.8 Å². The summed E-state index contributed by atoms with van der Waals surface area (Å²) in [4.78, 5) is 0. The molecule has 1 aromatic rings. The molecule has 0 aromatic carbocycles. The molecule has 2 heteroatoms. The van der Waals surface area contributed by atoms with Crippen LogP contribution in [0.5, 0.6) is 0 Å². The van der Waals surface area contributed by atoms with Gasteiger partial charge < -0.3 is 0 Å². The summed E-state index contributed by atoms with van der Waals surface area (Å²) in [7, 11) is 2.04. The highest BCUT2D eigenvalue weighted by Crippen LogP contribution is 1.91. The van der Waals surface area contributed by atoms with Gasteiger partial charge in [-0.3, -0.25) is 0 Å². The number of aryl methyl sites for hydroxylation is 2. The Morgan fingerprint density at radius 3 is 2.90 bits per heavy atom. The number of hydrogen-bond acceptors (Lipinski definition) is 0. The second-order valence-corrected chi connectivity index (χ2v) is 2.67. The normalized spacial score (nSPS) is 10.2. The van der Waals surface area contributed by atoms with Crippen LogP contribution in [-0.2, 0) is 13.6 Å². The van der Waals surface area contributed by atoms with E-state index in [9.17, 15) is 0 Å². The first-order valence-corrected chi connectivity index (χ1v) is 3.84. The third kappa shape index (κ3) is 1.87. The van der Waals surface area contributed by atoms with E-state index in [1.54, 1.807) is 0 Å². The van der Waals surface area contributed by atoms with Crippen molar-refractivity contribution >= 4 is 0 Å². The Bertz CT molecular complexity index is 196. The van der Waals surface area contributed by atoms with E-state index in [0.29, 0.717) is 0 Å². The number of aromatic nitrogens is 2. The van der Waals surface area contributed by atoms with Gasteiger partial charge in [0.05, 0.1) is 13.6 Å². The lowest BCUT2D eigenvalue weighted by molar-refractivity contribution is -0.671. The highest BCUT2D eigenvalue weighted by atomic mass is 15.1. The van der Waals surface area contributed by atoms with Gasteiger partial charge in [-0.1, -0.05) is 13.3 Å². The highest BCUT2D eigenvalue weighted by molar-refractivity contribution is 4.65. The van der Waals surface area contributed by atoms with Crippen molar-refractivity contribution in [2.45, 2.75) is 26.3 Å². The molecular weight excluding hydrogens is 124 g/mol. The van der Waals surface area contributed by atoms with Crippen molar-refractivity contribution in [1.29, 1.82) is 0 Å². The van der Waals surface area contributed by atoms with E-state index < -0.39 is 0 Å². The zero-order chi connectivity index (χ0) is 7.40. The summed E-state index contributed by atoms with van der Waals surface area (Å²) in [6.07, 6.45) is 8.82. The third-order valence-corrected chi connectivity index (χ3v) is 1.59. The maximum atomic E-state index is 2.21. The van der Waals surface area contributed by atoms with Gasteiger partial charge in [0.25, 0.3) is 0 Å². The van der Waals surface area contributed by atoms with Crippen LogP contribution >= 0.6 is 0 Å². The van der Waals surface area contributed by atoms with E-state index in [0.717, 1.165) is 6.54 Å². The molecule has 0 fully saturated rings. The van der Waals surface area contributed by atoms with Gasteiger partial charge in [0, 0.05) is 0 Å². The Labute approximate surface area is 63.6 Å². The van der Waals surface area contributed by atoms with Gasteiger partial charge in [0.15, 0.2) is 0 Å². The monoisotopic (exact) mass is 140 g/mol. The first-order valence-electron chi connectivity index (χ1n) is 3.84. The van der Waals surface area contributed by atoms with Crippen LogP contribution in [0.15, 0.2) is 18.7 Å². The van der Waals surface area contributed by atoms with Crippen LogP contribution in [0.1, 0.15) is 21.2 Å². The van der Waals surface area contributed by atoms with Crippen molar-refractivity contribution in [2.75, 3.05) is 0 Å². The van der Waals surface area contributed by atoms with Gasteiger partial charge >= 0.3 is 1.43 Å². The third-order valence-electron chi connectivity index (χ3n) is 1.59. The minimum atomic E-state index is 0. The molecule has 0 saturated carbocycles. The summed E-state index contributed by atoms with van der Waals surface area (Å²) in [5.41, 5.74) is 0. The number of nitrogens with zero attached hydrogens (tertiary/aromatic N) is 2. The summed E-state index contributed by atoms with van der Waals surface area (Å²) in [6.45, 7) is 3.36. The molecule has 0 N–H and O–H groups in total. The number of hydrogen-bond donors (Lipinski definition) is 0. The topological polar surface area (TPSA) is 8.81 Å². The molecule has 1 aromatic heterocycles. The standard InChI is InChI=1S/C8H15N2/c1-3-4-5-10-7-6-9(2)8-10/h6-8H,3-5H2,1-2H3/q+1/p+1. The maximum Gasteiger partial charge on any atom is 1.00 e. The van der Waals surface area contributed by atoms with Crippen molar-refractivity contribution < 1.29 is 5.99 Å². The minimum absolute atomic E-state index is 0. The van der Waals surface area contributed by atoms with Crippen molar-refractivity contribution in [2.24, 2.45) is 7.05 Å². The van der Waals surface area contributed by atoms with Crippen LogP contribution in [0.25, 0.3) is 0 Å². The fraction of sp³-hybridized carbons (Fsp3) is 0.625. The van der Waals surface area contributed by atoms with E-state index >= 15 is 0 Å². The first kappa shape index (κ1) is 7.32. The lowest BCUT2D eigenvalue weighted by Gasteiger charge is -1.90. The second kappa shape index (κ2) is 3.40. The molecule has 2 nitrogen and oxygen atoms in total. The van der Waals surface area contributed by atoms with Crippen molar-refractivity contribution in [3.8, 4) is 0 Å². The summed E-state index contributed by atoms with van der Waals surface area (Å²) in [6, 6.07) is 0. The first-order chi connectivity index (χ1) is 4.83. The van der Waals surface area contributed by atoms with E-state index in [-0.39, 0.29) is 1.43 Å². The molecule has 0 aliphatic heterocycles. The SMILES string of the molecule is CCCCn1cc[n+](C)c1.[H+]. The Morgan fingerprint density at radius 2 is 2.40 bits per heavy atom. The number of rotatable bonds is 3. The summed E-state index contributed by atoms with van der Waals surface area (Å²) in [5.74, 6) is 0. The molecule has 0 aliphatic rings. The van der Waals surface area contributed by atoms with Crippen LogP contribution in [0.2, 0.25) is 0 Å². The fourth-order valence-electron chi connectivity index (χ4n) is 0.975. The van der Waals surface area contributed by atoms with Crippen LogP contribution in [-0.4, -0.2) is 4.57 Å². The lowest BCUT2D eigenvalue weighted by Crippen LogP contribution is -2.23. The quantitative estimate of drug-likeness (QED) is 0.558. The molecule has 56 valence electrons. The summed E-state index contributed by atoms with van der Waals surface area (Å²) < 4.78 is 4.28. The van der Waals surface area contributed by atoms with Gasteiger partial charge in [0.2, 0.25) is 6.33 Å². The van der Waals surface area contributed by atoms with Crippen LogP contribution in [0.4, 0.5) is 0 Å². The molecule has 0 bridgehead atoms. The fourth-order valence-corrected chi connectivity index (χ4v) is 0.975. The summed E-state index contributed by atoms with van der Waals surface area (Å²) in [5, 5.41) is 0. The van der Waals surface area contributed by atoms with Crippen LogP contribution in [0.3, 0.4) is 0 Å². The average Bonchev–Trinajstić information content (AvgIpc) is 2.31. The van der Waals surface area contributed by atoms with Crippen LogP contribution in [0, 0.1) is 0 Å². The number of imidazole rings is 1. The molecule has 0 saturated heterocycles. The van der Waals surface area contributed by atoms with Crippen molar-refractivity contribution in [1.82, 2.24) is 4.57 Å². The van der Waals surface area contributed by atoms with Gasteiger partial charge in [0.1, 0.15) is 12.4 Å². The molecule has 10 heavy (non-hydrogen) atoms. The van der Waals surface area contributed by atoms with Gasteiger partial charge in [-0.05, 0) is 6.42 Å². The van der Waals surface area contributed by atoms with E-state index in [4.69, 9.17) is 0 Å². The zero-order valence-electron chi connectivity index (χ0n) is 7.75. The second-order valence-electron chi connectivity index (χ2n) is 2.67. The molecule has 1 rings (SSSR count). The van der Waals surface area contributed by atoms with Gasteiger partial charge in [-0.2, -0.15) is 0 Å². The van der Waals surface area contributed by atoms with Crippen molar-refractivity contribution in [3.63, 3.8) is 0 Å². The highest BCUT2D eigenvalue weighted by Gasteiger charge is 1.96.